The standard InChI is InChI=1S/C22H27N3O3/c1-3-23-22(27)19-10-9-16(2)24-21(19)17-11-13-25(14-12-17)20(26)15-28-18-7-5-4-6-8-18/h4-10,17H,3,11-15H2,1-2H3,(H,23,27). The zero-order valence-electron chi connectivity index (χ0n) is 16.5. The second-order valence-electron chi connectivity index (χ2n) is 7.00. The van der Waals surface area contributed by atoms with Crippen molar-refractivity contribution in [3.8, 4) is 5.75 Å². The lowest BCUT2D eigenvalue weighted by atomic mass is 9.90. The Bertz CT molecular complexity index is 815. The molecule has 6 nitrogen and oxygen atoms in total. The van der Waals surface area contributed by atoms with Crippen molar-refractivity contribution in [2.75, 3.05) is 26.2 Å². The highest BCUT2D eigenvalue weighted by Gasteiger charge is 2.28. The molecule has 28 heavy (non-hydrogen) atoms. The van der Waals surface area contributed by atoms with Crippen molar-refractivity contribution in [1.29, 1.82) is 0 Å². The molecule has 0 atom stereocenters. The summed E-state index contributed by atoms with van der Waals surface area (Å²) >= 11 is 0. The summed E-state index contributed by atoms with van der Waals surface area (Å²) in [7, 11) is 0. The van der Waals surface area contributed by atoms with Crippen LogP contribution in [-0.4, -0.2) is 47.9 Å². The summed E-state index contributed by atoms with van der Waals surface area (Å²) in [6.45, 7) is 5.76. The minimum Gasteiger partial charge on any atom is -0.484 e. The van der Waals surface area contributed by atoms with Gasteiger partial charge in [-0.1, -0.05) is 18.2 Å². The fourth-order valence-corrected chi connectivity index (χ4v) is 3.49. The predicted molar refractivity (Wildman–Crippen MR) is 107 cm³/mol. The zero-order chi connectivity index (χ0) is 19.9. The van der Waals surface area contributed by atoms with Gasteiger partial charge in [-0.05, 0) is 51.0 Å². The Morgan fingerprint density at radius 1 is 1.14 bits per heavy atom. The molecule has 0 spiro atoms. The third kappa shape index (κ3) is 4.88. The van der Waals surface area contributed by atoms with Crippen molar-refractivity contribution in [1.82, 2.24) is 15.2 Å². The van der Waals surface area contributed by atoms with Gasteiger partial charge in [-0.25, -0.2) is 0 Å². The fraction of sp³-hybridized carbons (Fsp3) is 0.409. The highest BCUT2D eigenvalue weighted by atomic mass is 16.5. The maximum Gasteiger partial charge on any atom is 0.260 e. The molecule has 2 aromatic rings. The molecule has 0 bridgehead atoms. The molecule has 1 aromatic carbocycles. The molecule has 0 unspecified atom stereocenters. The maximum atomic E-state index is 12.5. The van der Waals surface area contributed by atoms with Gasteiger partial charge in [0.1, 0.15) is 5.75 Å². The summed E-state index contributed by atoms with van der Waals surface area (Å²) in [5.74, 6) is 0.779. The van der Waals surface area contributed by atoms with Crippen molar-refractivity contribution in [3.05, 3.63) is 59.4 Å². The molecule has 2 amide bonds. The SMILES string of the molecule is CCNC(=O)c1ccc(C)nc1C1CCN(C(=O)COc2ccccc2)CC1. The molecule has 3 rings (SSSR count). The van der Waals surface area contributed by atoms with E-state index in [2.05, 4.69) is 10.3 Å². The van der Waals surface area contributed by atoms with Crippen LogP contribution >= 0.6 is 0 Å². The lowest BCUT2D eigenvalue weighted by Gasteiger charge is -2.32. The topological polar surface area (TPSA) is 71.5 Å². The number of rotatable bonds is 6. The fourth-order valence-electron chi connectivity index (χ4n) is 3.49. The number of para-hydroxylation sites is 1. The number of ether oxygens (including phenoxy) is 1. The lowest BCUT2D eigenvalue weighted by Crippen LogP contribution is -2.41. The van der Waals surface area contributed by atoms with Gasteiger partial charge in [0.05, 0.1) is 11.3 Å². The Hall–Kier alpha value is -2.89. The average molecular weight is 381 g/mol. The van der Waals surface area contributed by atoms with E-state index in [4.69, 9.17) is 4.74 Å². The van der Waals surface area contributed by atoms with Crippen LogP contribution in [0.1, 0.15) is 47.4 Å². The molecular formula is C22H27N3O3. The molecule has 1 aliphatic heterocycles. The number of aromatic nitrogens is 1. The summed E-state index contributed by atoms with van der Waals surface area (Å²) in [5, 5.41) is 2.86. The van der Waals surface area contributed by atoms with Crippen molar-refractivity contribution in [2.45, 2.75) is 32.6 Å². The second-order valence-corrected chi connectivity index (χ2v) is 7.00. The molecule has 148 valence electrons. The molecular weight excluding hydrogens is 354 g/mol. The van der Waals surface area contributed by atoms with Gasteiger partial charge in [-0.3, -0.25) is 14.6 Å². The van der Waals surface area contributed by atoms with Gasteiger partial charge in [0.25, 0.3) is 11.8 Å². The van der Waals surface area contributed by atoms with E-state index >= 15 is 0 Å². The molecule has 1 N–H and O–H groups in total. The highest BCUT2D eigenvalue weighted by molar-refractivity contribution is 5.95. The van der Waals surface area contributed by atoms with Crippen LogP contribution in [0, 0.1) is 6.92 Å². The van der Waals surface area contributed by atoms with Crippen molar-refractivity contribution >= 4 is 11.8 Å². The number of carbonyl (C=O) groups is 2. The van der Waals surface area contributed by atoms with Gasteiger partial charge in [0.2, 0.25) is 0 Å². The van der Waals surface area contributed by atoms with Gasteiger partial charge < -0.3 is 15.0 Å². The number of piperidine rings is 1. The summed E-state index contributed by atoms with van der Waals surface area (Å²) in [6, 6.07) is 13.1. The quantitative estimate of drug-likeness (QED) is 0.835. The Morgan fingerprint density at radius 3 is 2.54 bits per heavy atom. The van der Waals surface area contributed by atoms with Gasteiger partial charge in [-0.15, -0.1) is 0 Å². The Kier molecular flexibility index (Phi) is 6.63. The number of pyridine rings is 1. The second kappa shape index (κ2) is 9.35. The molecule has 1 aromatic heterocycles. The van der Waals surface area contributed by atoms with E-state index in [1.807, 2.05) is 61.2 Å². The van der Waals surface area contributed by atoms with E-state index in [1.165, 1.54) is 0 Å². The Labute approximate surface area is 165 Å². The van der Waals surface area contributed by atoms with Crippen LogP contribution in [0.5, 0.6) is 5.75 Å². The Morgan fingerprint density at radius 2 is 1.86 bits per heavy atom. The predicted octanol–water partition coefficient (Wildman–Crippen LogP) is 2.92. The smallest absolute Gasteiger partial charge is 0.260 e. The molecule has 0 aliphatic carbocycles. The summed E-state index contributed by atoms with van der Waals surface area (Å²) in [6.07, 6.45) is 1.58. The van der Waals surface area contributed by atoms with Gasteiger partial charge >= 0.3 is 0 Å². The van der Waals surface area contributed by atoms with Crippen LogP contribution in [0.2, 0.25) is 0 Å². The first-order valence-corrected chi connectivity index (χ1v) is 9.80. The zero-order valence-corrected chi connectivity index (χ0v) is 16.5. The number of nitrogens with zero attached hydrogens (tertiary/aromatic N) is 2. The third-order valence-electron chi connectivity index (χ3n) is 4.99. The van der Waals surface area contributed by atoms with Crippen LogP contribution in [0.15, 0.2) is 42.5 Å². The van der Waals surface area contributed by atoms with E-state index < -0.39 is 0 Å². The number of benzene rings is 1. The van der Waals surface area contributed by atoms with Gasteiger partial charge in [0.15, 0.2) is 6.61 Å². The van der Waals surface area contributed by atoms with Crippen molar-refractivity contribution in [2.24, 2.45) is 0 Å². The minimum absolute atomic E-state index is 0.0107. The molecule has 1 saturated heterocycles. The number of hydrogen-bond acceptors (Lipinski definition) is 4. The summed E-state index contributed by atoms with van der Waals surface area (Å²) in [4.78, 5) is 31.3. The molecule has 0 radical (unpaired) electrons. The number of likely N-dealkylation sites (tertiary alicyclic amines) is 1. The highest BCUT2D eigenvalue weighted by Crippen LogP contribution is 2.29. The average Bonchev–Trinajstić information content (AvgIpc) is 2.73. The first-order valence-electron chi connectivity index (χ1n) is 9.80. The van der Waals surface area contributed by atoms with E-state index in [9.17, 15) is 9.59 Å². The molecule has 0 saturated carbocycles. The lowest BCUT2D eigenvalue weighted by molar-refractivity contribution is -0.134. The van der Waals surface area contributed by atoms with E-state index in [0.717, 1.165) is 24.2 Å². The number of carbonyl (C=O) groups excluding carboxylic acids is 2. The third-order valence-corrected chi connectivity index (χ3v) is 4.99. The van der Waals surface area contributed by atoms with Crippen LogP contribution in [-0.2, 0) is 4.79 Å². The van der Waals surface area contributed by atoms with Crippen molar-refractivity contribution < 1.29 is 14.3 Å². The van der Waals surface area contributed by atoms with E-state index in [1.54, 1.807) is 0 Å². The molecule has 1 aliphatic rings. The molecule has 2 heterocycles. The van der Waals surface area contributed by atoms with E-state index in [-0.39, 0.29) is 24.3 Å². The number of nitrogens with one attached hydrogen (secondary N) is 1. The van der Waals surface area contributed by atoms with Crippen molar-refractivity contribution in [3.63, 3.8) is 0 Å². The van der Waals surface area contributed by atoms with E-state index in [0.29, 0.717) is 30.9 Å². The van der Waals surface area contributed by atoms with Crippen LogP contribution < -0.4 is 10.1 Å². The Balaban J connectivity index is 1.60. The van der Waals surface area contributed by atoms with Crippen LogP contribution in [0.3, 0.4) is 0 Å². The first-order chi connectivity index (χ1) is 13.6. The number of aryl methyl sites for hydroxylation is 1. The summed E-state index contributed by atoms with van der Waals surface area (Å²) < 4.78 is 5.57. The largest absolute Gasteiger partial charge is 0.484 e. The molecule has 1 fully saturated rings. The van der Waals surface area contributed by atoms with Gasteiger partial charge in [0, 0.05) is 31.2 Å². The molecule has 6 heteroatoms. The number of hydrogen-bond donors (Lipinski definition) is 1. The maximum absolute atomic E-state index is 12.5. The van der Waals surface area contributed by atoms with Gasteiger partial charge in [-0.2, -0.15) is 0 Å². The normalized spacial score (nSPS) is 14.6. The van der Waals surface area contributed by atoms with Crippen LogP contribution in [0.25, 0.3) is 0 Å². The monoisotopic (exact) mass is 381 g/mol. The number of amides is 2. The van der Waals surface area contributed by atoms with Crippen LogP contribution in [0.4, 0.5) is 0 Å². The first kappa shape index (κ1) is 19.9. The summed E-state index contributed by atoms with van der Waals surface area (Å²) in [5.41, 5.74) is 2.39. The minimum atomic E-state index is -0.0835.